The summed E-state index contributed by atoms with van der Waals surface area (Å²) in [6.07, 6.45) is 0. The van der Waals surface area contributed by atoms with Gasteiger partial charge in [0.05, 0.1) is 40.7 Å². The summed E-state index contributed by atoms with van der Waals surface area (Å²) in [6.45, 7) is 2.06. The quantitative estimate of drug-likeness (QED) is 0.237. The second-order valence-corrected chi connectivity index (χ2v) is 9.68. The number of carbonyl (C=O) groups is 2. The summed E-state index contributed by atoms with van der Waals surface area (Å²) in [7, 11) is 6.05. The predicted octanol–water partition coefficient (Wildman–Crippen LogP) is 4.27. The SMILES string of the molecule is COc1ccc(NC(=O)CSc2nnc(CNC(=O)c3cc(OC)c(OC)c(OC)c3)n2-c2cccc(C)c2)cc1. The van der Waals surface area contributed by atoms with E-state index in [0.717, 1.165) is 11.3 Å². The van der Waals surface area contributed by atoms with Crippen molar-refractivity contribution in [3.05, 3.63) is 77.6 Å². The van der Waals surface area contributed by atoms with Gasteiger partial charge in [0, 0.05) is 16.9 Å². The normalized spacial score (nSPS) is 10.6. The summed E-state index contributed by atoms with van der Waals surface area (Å²) in [5.41, 5.74) is 2.83. The maximum Gasteiger partial charge on any atom is 0.251 e. The van der Waals surface area contributed by atoms with Gasteiger partial charge < -0.3 is 29.6 Å². The lowest BCUT2D eigenvalue weighted by molar-refractivity contribution is -0.113. The Kier molecular flexibility index (Phi) is 9.69. The van der Waals surface area contributed by atoms with E-state index in [2.05, 4.69) is 20.8 Å². The minimum Gasteiger partial charge on any atom is -0.497 e. The molecule has 1 heterocycles. The van der Waals surface area contributed by atoms with Gasteiger partial charge in [-0.3, -0.25) is 14.2 Å². The number of carbonyl (C=O) groups excluding carboxylic acids is 2. The molecule has 0 aliphatic heterocycles. The number of benzene rings is 3. The standard InChI is InChI=1S/C29H31N5O6S/c1-18-7-6-8-21(13-18)34-25(16-30-28(36)19-14-23(38-3)27(40-5)24(15-19)39-4)32-33-29(34)41-17-26(35)31-20-9-11-22(37-2)12-10-20/h6-15H,16-17H2,1-5H3,(H,30,36)(H,31,35). The van der Waals surface area contributed by atoms with Gasteiger partial charge in [-0.25, -0.2) is 0 Å². The molecule has 1 aromatic heterocycles. The molecule has 0 aliphatic carbocycles. The second-order valence-electron chi connectivity index (χ2n) is 8.74. The number of rotatable bonds is 12. The molecule has 11 nitrogen and oxygen atoms in total. The highest BCUT2D eigenvalue weighted by atomic mass is 32.2. The van der Waals surface area contributed by atoms with E-state index >= 15 is 0 Å². The van der Waals surface area contributed by atoms with Crippen LogP contribution < -0.4 is 29.6 Å². The van der Waals surface area contributed by atoms with Crippen molar-refractivity contribution in [2.45, 2.75) is 18.6 Å². The molecule has 0 unspecified atom stereocenters. The van der Waals surface area contributed by atoms with Crippen molar-refractivity contribution in [3.8, 4) is 28.7 Å². The molecule has 0 bridgehead atoms. The monoisotopic (exact) mass is 577 g/mol. The van der Waals surface area contributed by atoms with Crippen molar-refractivity contribution < 1.29 is 28.5 Å². The maximum atomic E-state index is 13.1. The molecule has 0 atom stereocenters. The number of thioether (sulfide) groups is 1. The van der Waals surface area contributed by atoms with Crippen molar-refractivity contribution in [1.29, 1.82) is 0 Å². The van der Waals surface area contributed by atoms with Crippen LogP contribution in [0.1, 0.15) is 21.7 Å². The Balaban J connectivity index is 1.52. The van der Waals surface area contributed by atoms with Crippen LogP contribution in [0.3, 0.4) is 0 Å². The fraction of sp³-hybridized carbons (Fsp3) is 0.241. The largest absolute Gasteiger partial charge is 0.497 e. The number of hydrogen-bond donors (Lipinski definition) is 2. The van der Waals surface area contributed by atoms with Crippen LogP contribution in [0.25, 0.3) is 5.69 Å². The van der Waals surface area contributed by atoms with Gasteiger partial charge in [0.15, 0.2) is 22.5 Å². The maximum absolute atomic E-state index is 13.1. The highest BCUT2D eigenvalue weighted by molar-refractivity contribution is 7.99. The van der Waals surface area contributed by atoms with E-state index < -0.39 is 0 Å². The topological polar surface area (TPSA) is 126 Å². The van der Waals surface area contributed by atoms with Gasteiger partial charge in [-0.15, -0.1) is 10.2 Å². The van der Waals surface area contributed by atoms with Gasteiger partial charge in [-0.2, -0.15) is 0 Å². The Bertz CT molecular complexity index is 1500. The van der Waals surface area contributed by atoms with Crippen LogP contribution >= 0.6 is 11.8 Å². The molecule has 2 N–H and O–H groups in total. The average Bonchev–Trinajstić information content (AvgIpc) is 3.41. The minimum absolute atomic E-state index is 0.0784. The number of hydrogen-bond acceptors (Lipinski definition) is 9. The summed E-state index contributed by atoms with van der Waals surface area (Å²) in [5.74, 6) is 1.87. The molecule has 2 amide bonds. The van der Waals surface area contributed by atoms with E-state index in [1.165, 1.54) is 33.1 Å². The summed E-state index contributed by atoms with van der Waals surface area (Å²) in [4.78, 5) is 25.8. The minimum atomic E-state index is -0.365. The zero-order chi connectivity index (χ0) is 29.4. The molecule has 3 aromatic carbocycles. The molecule has 4 aromatic rings. The molecule has 0 spiro atoms. The van der Waals surface area contributed by atoms with Gasteiger partial charge in [-0.1, -0.05) is 23.9 Å². The van der Waals surface area contributed by atoms with Crippen LogP contribution in [-0.4, -0.2) is 60.8 Å². The van der Waals surface area contributed by atoms with Gasteiger partial charge >= 0.3 is 0 Å². The van der Waals surface area contributed by atoms with Crippen LogP contribution in [-0.2, 0) is 11.3 Å². The zero-order valence-corrected chi connectivity index (χ0v) is 24.2. The molecule has 0 saturated heterocycles. The Morgan fingerprint density at radius 3 is 2.20 bits per heavy atom. The van der Waals surface area contributed by atoms with Crippen molar-refractivity contribution >= 4 is 29.3 Å². The fourth-order valence-electron chi connectivity index (χ4n) is 4.01. The average molecular weight is 578 g/mol. The second kappa shape index (κ2) is 13.6. The highest BCUT2D eigenvalue weighted by Gasteiger charge is 2.20. The number of aromatic nitrogens is 3. The van der Waals surface area contributed by atoms with Crippen molar-refractivity contribution in [1.82, 2.24) is 20.1 Å². The van der Waals surface area contributed by atoms with Crippen LogP contribution in [0.2, 0.25) is 0 Å². The number of aryl methyl sites for hydroxylation is 1. The van der Waals surface area contributed by atoms with Gasteiger partial charge in [-0.05, 0) is 61.0 Å². The molecule has 41 heavy (non-hydrogen) atoms. The fourth-order valence-corrected chi connectivity index (χ4v) is 4.78. The first-order valence-corrected chi connectivity index (χ1v) is 13.5. The molecule has 12 heteroatoms. The van der Waals surface area contributed by atoms with E-state index in [9.17, 15) is 9.59 Å². The van der Waals surface area contributed by atoms with Gasteiger partial charge in [0.25, 0.3) is 5.91 Å². The Morgan fingerprint density at radius 2 is 1.59 bits per heavy atom. The summed E-state index contributed by atoms with van der Waals surface area (Å²) >= 11 is 1.24. The zero-order valence-electron chi connectivity index (χ0n) is 23.4. The third-order valence-electron chi connectivity index (χ3n) is 6.00. The van der Waals surface area contributed by atoms with E-state index in [4.69, 9.17) is 18.9 Å². The molecular weight excluding hydrogens is 546 g/mol. The lowest BCUT2D eigenvalue weighted by Crippen LogP contribution is -2.25. The molecule has 4 rings (SSSR count). The number of nitrogens with one attached hydrogen (secondary N) is 2. The number of amides is 2. The molecule has 214 valence electrons. The Morgan fingerprint density at radius 1 is 0.878 bits per heavy atom. The molecule has 0 aliphatic rings. The molecule has 0 saturated carbocycles. The number of ether oxygens (including phenoxy) is 4. The van der Waals surface area contributed by atoms with E-state index in [-0.39, 0.29) is 24.1 Å². The van der Waals surface area contributed by atoms with Gasteiger partial charge in [0.2, 0.25) is 11.7 Å². The van der Waals surface area contributed by atoms with Crippen LogP contribution in [0, 0.1) is 6.92 Å². The highest BCUT2D eigenvalue weighted by Crippen LogP contribution is 2.38. The van der Waals surface area contributed by atoms with Crippen molar-refractivity contribution in [2.75, 3.05) is 39.5 Å². The van der Waals surface area contributed by atoms with Crippen LogP contribution in [0.4, 0.5) is 5.69 Å². The number of anilines is 1. The third-order valence-corrected chi connectivity index (χ3v) is 6.93. The number of methoxy groups -OCH3 is 4. The Hall–Kier alpha value is -4.71. The van der Waals surface area contributed by atoms with Crippen LogP contribution in [0.15, 0.2) is 65.8 Å². The number of nitrogens with zero attached hydrogens (tertiary/aromatic N) is 3. The summed E-state index contributed by atoms with van der Waals surface area (Å²) < 4.78 is 23.1. The molecule has 0 fully saturated rings. The smallest absolute Gasteiger partial charge is 0.251 e. The third kappa shape index (κ3) is 7.09. The summed E-state index contributed by atoms with van der Waals surface area (Å²) in [5, 5.41) is 14.9. The predicted molar refractivity (Wildman–Crippen MR) is 156 cm³/mol. The van der Waals surface area contributed by atoms with E-state index in [0.29, 0.717) is 45.2 Å². The first kappa shape index (κ1) is 29.3. The van der Waals surface area contributed by atoms with E-state index in [1.54, 1.807) is 43.5 Å². The first-order chi connectivity index (χ1) is 19.9. The van der Waals surface area contributed by atoms with Crippen molar-refractivity contribution in [2.24, 2.45) is 0 Å². The lowest BCUT2D eigenvalue weighted by Gasteiger charge is -2.14. The van der Waals surface area contributed by atoms with Crippen molar-refractivity contribution in [3.63, 3.8) is 0 Å². The van der Waals surface area contributed by atoms with Crippen LogP contribution in [0.5, 0.6) is 23.0 Å². The Labute approximate surface area is 242 Å². The van der Waals surface area contributed by atoms with Gasteiger partial charge in [0.1, 0.15) is 5.75 Å². The van der Waals surface area contributed by atoms with E-state index in [1.807, 2.05) is 35.8 Å². The lowest BCUT2D eigenvalue weighted by atomic mass is 10.1. The molecule has 0 radical (unpaired) electrons. The first-order valence-electron chi connectivity index (χ1n) is 12.5. The summed E-state index contributed by atoms with van der Waals surface area (Å²) in [6, 6.07) is 18.0. The molecular formula is C29H31N5O6S.